The predicted molar refractivity (Wildman–Crippen MR) is 83.2 cm³/mol. The molecule has 1 aromatic heterocycles. The lowest BCUT2D eigenvalue weighted by Crippen LogP contribution is -2.06. The van der Waals surface area contributed by atoms with E-state index in [4.69, 9.17) is 11.6 Å². The van der Waals surface area contributed by atoms with Crippen molar-refractivity contribution in [2.75, 3.05) is 5.32 Å². The monoisotopic (exact) mass is 375 g/mol. The van der Waals surface area contributed by atoms with Crippen LogP contribution < -0.4 is 5.32 Å². The average molecular weight is 377 g/mol. The molecule has 0 saturated heterocycles. The molecule has 2 aromatic rings. The highest BCUT2D eigenvalue weighted by Gasteiger charge is 2.14. The molecule has 0 fully saturated rings. The summed E-state index contributed by atoms with van der Waals surface area (Å²) in [5.74, 6) is -0.204. The molecule has 0 unspecified atom stereocenters. The van der Waals surface area contributed by atoms with Crippen LogP contribution in [0.25, 0.3) is 0 Å². The van der Waals surface area contributed by atoms with Crippen LogP contribution in [0.5, 0.6) is 0 Å². The Morgan fingerprint density at radius 1 is 1.19 bits per heavy atom. The van der Waals surface area contributed by atoms with Crippen LogP contribution in [0.1, 0.15) is 31.2 Å². The minimum atomic E-state index is -0.594. The molecule has 0 amide bonds. The summed E-state index contributed by atoms with van der Waals surface area (Å²) in [6, 6.07) is 2.11. The molecule has 0 bridgehead atoms. The largest absolute Gasteiger partial charge is 0.337 e. The highest BCUT2D eigenvalue weighted by molar-refractivity contribution is 9.10. The van der Waals surface area contributed by atoms with Gasteiger partial charge in [-0.05, 0) is 28.9 Å². The van der Waals surface area contributed by atoms with E-state index in [1.807, 2.05) is 13.8 Å². The van der Waals surface area contributed by atoms with E-state index in [1.54, 1.807) is 6.92 Å². The third-order valence-electron chi connectivity index (χ3n) is 2.88. The first-order chi connectivity index (χ1) is 9.79. The van der Waals surface area contributed by atoms with Crippen molar-refractivity contribution in [3.8, 4) is 0 Å². The molecular formula is C14H13BrClF2N3. The average Bonchev–Trinajstić information content (AvgIpc) is 2.40. The van der Waals surface area contributed by atoms with E-state index in [0.717, 1.165) is 12.1 Å². The number of hydrogen-bond acceptors (Lipinski definition) is 3. The third kappa shape index (κ3) is 3.49. The molecule has 0 aliphatic heterocycles. The number of aromatic nitrogens is 2. The Labute approximate surface area is 134 Å². The first-order valence-electron chi connectivity index (χ1n) is 6.25. The molecule has 3 nitrogen and oxygen atoms in total. The van der Waals surface area contributed by atoms with Crippen LogP contribution in [0.4, 0.5) is 20.3 Å². The molecule has 0 spiro atoms. The fourth-order valence-corrected chi connectivity index (χ4v) is 2.12. The summed E-state index contributed by atoms with van der Waals surface area (Å²) in [5.41, 5.74) is 0.562. The van der Waals surface area contributed by atoms with Gasteiger partial charge in [0, 0.05) is 17.5 Å². The van der Waals surface area contributed by atoms with Gasteiger partial charge in [-0.25, -0.2) is 18.7 Å². The van der Waals surface area contributed by atoms with Crippen molar-refractivity contribution in [3.63, 3.8) is 0 Å². The van der Waals surface area contributed by atoms with Crippen molar-refractivity contribution < 1.29 is 8.78 Å². The Morgan fingerprint density at radius 3 is 2.48 bits per heavy atom. The smallest absolute Gasteiger partial charge is 0.148 e. The van der Waals surface area contributed by atoms with Crippen molar-refractivity contribution in [2.45, 2.75) is 26.7 Å². The zero-order chi connectivity index (χ0) is 15.7. The molecule has 7 heteroatoms. The number of nitrogens with one attached hydrogen (secondary N) is 1. The molecule has 0 saturated carbocycles. The zero-order valence-electron chi connectivity index (χ0n) is 11.6. The summed E-state index contributed by atoms with van der Waals surface area (Å²) >= 11 is 8.99. The molecular weight excluding hydrogens is 364 g/mol. The predicted octanol–water partition coefficient (Wildman–Crippen LogP) is 5.35. The van der Waals surface area contributed by atoms with Gasteiger partial charge in [-0.15, -0.1) is 0 Å². The third-order valence-corrected chi connectivity index (χ3v) is 3.86. The van der Waals surface area contributed by atoms with Gasteiger partial charge in [0.2, 0.25) is 0 Å². The SMILES string of the molecule is Cc1c(Cl)nc(C(C)C)nc1Nc1cc(F)c(Br)cc1F. The van der Waals surface area contributed by atoms with Gasteiger partial charge in [0.15, 0.2) is 0 Å². The van der Waals surface area contributed by atoms with Gasteiger partial charge in [-0.3, -0.25) is 0 Å². The summed E-state index contributed by atoms with van der Waals surface area (Å²) < 4.78 is 27.5. The number of anilines is 2. The summed E-state index contributed by atoms with van der Waals surface area (Å²) in [4.78, 5) is 8.48. The van der Waals surface area contributed by atoms with Gasteiger partial charge in [0.05, 0.1) is 10.2 Å². The van der Waals surface area contributed by atoms with Gasteiger partial charge in [-0.1, -0.05) is 25.4 Å². The molecule has 0 radical (unpaired) electrons. The minimum absolute atomic E-state index is 0.0109. The van der Waals surface area contributed by atoms with Crippen LogP contribution >= 0.6 is 27.5 Å². The Morgan fingerprint density at radius 2 is 1.86 bits per heavy atom. The number of halogens is 4. The van der Waals surface area contributed by atoms with Crippen molar-refractivity contribution in [3.05, 3.63) is 44.8 Å². The molecule has 1 N–H and O–H groups in total. The van der Waals surface area contributed by atoms with E-state index in [-0.39, 0.29) is 21.2 Å². The summed E-state index contributed by atoms with van der Waals surface area (Å²) in [6.07, 6.45) is 0. The van der Waals surface area contributed by atoms with E-state index in [9.17, 15) is 8.78 Å². The molecule has 0 aliphatic rings. The first-order valence-corrected chi connectivity index (χ1v) is 7.42. The van der Waals surface area contributed by atoms with Crippen molar-refractivity contribution in [1.82, 2.24) is 9.97 Å². The molecule has 21 heavy (non-hydrogen) atoms. The lowest BCUT2D eigenvalue weighted by Gasteiger charge is -2.13. The van der Waals surface area contributed by atoms with E-state index >= 15 is 0 Å². The van der Waals surface area contributed by atoms with Gasteiger partial charge < -0.3 is 5.32 Å². The second-order valence-electron chi connectivity index (χ2n) is 4.87. The van der Waals surface area contributed by atoms with Gasteiger partial charge in [0.1, 0.15) is 28.4 Å². The summed E-state index contributed by atoms with van der Waals surface area (Å²) in [5, 5.41) is 3.06. The van der Waals surface area contributed by atoms with Crippen LogP contribution in [0.2, 0.25) is 5.15 Å². The highest BCUT2D eigenvalue weighted by atomic mass is 79.9. The van der Waals surface area contributed by atoms with E-state index in [1.165, 1.54) is 0 Å². The Balaban J connectivity index is 2.46. The quantitative estimate of drug-likeness (QED) is 0.580. The van der Waals surface area contributed by atoms with Crippen molar-refractivity contribution in [2.24, 2.45) is 0 Å². The van der Waals surface area contributed by atoms with E-state index in [2.05, 4.69) is 31.2 Å². The number of nitrogens with zero attached hydrogens (tertiary/aromatic N) is 2. The number of hydrogen-bond donors (Lipinski definition) is 1. The Bertz CT molecular complexity index is 692. The van der Waals surface area contributed by atoms with Crippen LogP contribution in [0.3, 0.4) is 0 Å². The standard InChI is InChI=1S/C14H13BrClF2N3/c1-6(2)13-20-12(16)7(3)14(21-13)19-11-5-9(17)8(15)4-10(11)18/h4-6H,1-3H3,(H,19,20,21). The topological polar surface area (TPSA) is 37.8 Å². The normalized spacial score (nSPS) is 11.0. The number of benzene rings is 1. The molecule has 0 atom stereocenters. The Hall–Kier alpha value is -1.27. The maximum atomic E-state index is 13.9. The van der Waals surface area contributed by atoms with E-state index < -0.39 is 11.6 Å². The minimum Gasteiger partial charge on any atom is -0.337 e. The van der Waals surface area contributed by atoms with Crippen LogP contribution in [0, 0.1) is 18.6 Å². The second-order valence-corrected chi connectivity index (χ2v) is 6.08. The molecule has 1 heterocycles. The van der Waals surface area contributed by atoms with Crippen LogP contribution in [0.15, 0.2) is 16.6 Å². The lowest BCUT2D eigenvalue weighted by atomic mass is 10.2. The van der Waals surface area contributed by atoms with Crippen LogP contribution in [-0.2, 0) is 0 Å². The maximum Gasteiger partial charge on any atom is 0.148 e. The first kappa shape index (κ1) is 16.1. The van der Waals surface area contributed by atoms with Crippen molar-refractivity contribution in [1.29, 1.82) is 0 Å². The van der Waals surface area contributed by atoms with Crippen molar-refractivity contribution >= 4 is 39.0 Å². The lowest BCUT2D eigenvalue weighted by molar-refractivity contribution is 0.597. The summed E-state index contributed by atoms with van der Waals surface area (Å²) in [7, 11) is 0. The number of rotatable bonds is 3. The summed E-state index contributed by atoms with van der Waals surface area (Å²) in [6.45, 7) is 5.55. The highest BCUT2D eigenvalue weighted by Crippen LogP contribution is 2.29. The molecule has 0 aliphatic carbocycles. The second kappa shape index (κ2) is 6.23. The maximum absolute atomic E-state index is 13.9. The van der Waals surface area contributed by atoms with Gasteiger partial charge >= 0.3 is 0 Å². The zero-order valence-corrected chi connectivity index (χ0v) is 14.0. The van der Waals surface area contributed by atoms with Gasteiger partial charge in [0.25, 0.3) is 0 Å². The van der Waals surface area contributed by atoms with Crippen LogP contribution in [-0.4, -0.2) is 9.97 Å². The molecule has 1 aromatic carbocycles. The fourth-order valence-electron chi connectivity index (χ4n) is 1.63. The van der Waals surface area contributed by atoms with E-state index in [0.29, 0.717) is 17.2 Å². The molecule has 112 valence electrons. The van der Waals surface area contributed by atoms with Gasteiger partial charge in [-0.2, -0.15) is 0 Å². The molecule has 2 rings (SSSR count). The fraction of sp³-hybridized carbons (Fsp3) is 0.286. The Kier molecular flexibility index (Phi) is 4.78.